The van der Waals surface area contributed by atoms with Crippen LogP contribution < -0.4 is 15.4 Å². The SMILES string of the molecule is COCC(O)CN(C)c1ccc(N)c(OC(C)C)c1. The molecule has 1 rings (SSSR count). The number of anilines is 2. The quantitative estimate of drug-likeness (QED) is 0.734. The Hall–Kier alpha value is -1.46. The zero-order chi connectivity index (χ0) is 14.4. The number of likely N-dealkylation sites (N-methyl/N-ethyl adjacent to an activating group) is 1. The molecule has 3 N–H and O–H groups in total. The second-order valence-corrected chi connectivity index (χ2v) is 4.88. The van der Waals surface area contributed by atoms with Crippen molar-refractivity contribution >= 4 is 11.4 Å². The summed E-state index contributed by atoms with van der Waals surface area (Å²) in [6, 6.07) is 5.60. The van der Waals surface area contributed by atoms with E-state index in [1.165, 1.54) is 0 Å². The standard InChI is InChI=1S/C14H24N2O3/c1-10(2)19-14-7-11(5-6-13(14)15)16(3)8-12(17)9-18-4/h5-7,10,12,17H,8-9,15H2,1-4H3. The zero-order valence-electron chi connectivity index (χ0n) is 12.1. The van der Waals surface area contributed by atoms with Crippen LogP contribution in [0.15, 0.2) is 18.2 Å². The summed E-state index contributed by atoms with van der Waals surface area (Å²) in [5.41, 5.74) is 7.43. The van der Waals surface area contributed by atoms with Gasteiger partial charge in [-0.05, 0) is 26.0 Å². The van der Waals surface area contributed by atoms with E-state index in [0.29, 0.717) is 24.6 Å². The first-order chi connectivity index (χ1) is 8.93. The van der Waals surface area contributed by atoms with E-state index in [1.807, 2.05) is 44.0 Å². The number of nitrogens with two attached hydrogens (primary N) is 1. The molecular formula is C14H24N2O3. The highest BCUT2D eigenvalue weighted by Gasteiger charge is 2.11. The maximum atomic E-state index is 9.73. The van der Waals surface area contributed by atoms with E-state index in [1.54, 1.807) is 7.11 Å². The van der Waals surface area contributed by atoms with E-state index in [-0.39, 0.29) is 6.10 Å². The molecule has 0 heterocycles. The van der Waals surface area contributed by atoms with Crippen molar-refractivity contribution in [1.29, 1.82) is 0 Å². The molecule has 0 radical (unpaired) electrons. The van der Waals surface area contributed by atoms with E-state index in [4.69, 9.17) is 15.2 Å². The van der Waals surface area contributed by atoms with E-state index in [0.717, 1.165) is 5.69 Å². The number of nitrogens with zero attached hydrogens (tertiary/aromatic N) is 1. The fraction of sp³-hybridized carbons (Fsp3) is 0.571. The number of hydrogen-bond acceptors (Lipinski definition) is 5. The highest BCUT2D eigenvalue weighted by molar-refractivity contribution is 5.62. The van der Waals surface area contributed by atoms with Crippen molar-refractivity contribution in [3.63, 3.8) is 0 Å². The van der Waals surface area contributed by atoms with Gasteiger partial charge in [-0.25, -0.2) is 0 Å². The normalized spacial score (nSPS) is 12.5. The lowest BCUT2D eigenvalue weighted by Gasteiger charge is -2.23. The summed E-state index contributed by atoms with van der Waals surface area (Å²) < 4.78 is 10.6. The van der Waals surface area contributed by atoms with E-state index < -0.39 is 6.10 Å². The number of rotatable bonds is 7. The van der Waals surface area contributed by atoms with Crippen molar-refractivity contribution in [1.82, 2.24) is 0 Å². The molecule has 0 aliphatic carbocycles. The minimum atomic E-state index is -0.526. The number of benzene rings is 1. The Morgan fingerprint density at radius 3 is 2.63 bits per heavy atom. The molecule has 0 aliphatic rings. The number of methoxy groups -OCH3 is 1. The van der Waals surface area contributed by atoms with Crippen molar-refractivity contribution in [2.24, 2.45) is 0 Å². The average Bonchev–Trinajstić information content (AvgIpc) is 2.31. The fourth-order valence-corrected chi connectivity index (χ4v) is 1.78. The fourth-order valence-electron chi connectivity index (χ4n) is 1.78. The Morgan fingerprint density at radius 1 is 1.37 bits per heavy atom. The second-order valence-electron chi connectivity index (χ2n) is 4.88. The molecule has 0 aromatic heterocycles. The molecule has 19 heavy (non-hydrogen) atoms. The summed E-state index contributed by atoms with van der Waals surface area (Å²) in [7, 11) is 3.48. The Kier molecular flexibility index (Phi) is 5.92. The van der Waals surface area contributed by atoms with Crippen molar-refractivity contribution < 1.29 is 14.6 Å². The number of ether oxygens (including phenoxy) is 2. The Labute approximate surface area is 114 Å². The third-order valence-corrected chi connectivity index (χ3v) is 2.64. The Balaban J connectivity index is 2.77. The molecule has 0 aliphatic heterocycles. The van der Waals surface area contributed by atoms with Crippen LogP contribution in [0.3, 0.4) is 0 Å². The van der Waals surface area contributed by atoms with Crippen molar-refractivity contribution in [2.75, 3.05) is 37.9 Å². The molecule has 0 saturated carbocycles. The van der Waals surface area contributed by atoms with Crippen LogP contribution in [0, 0.1) is 0 Å². The maximum absolute atomic E-state index is 9.73. The van der Waals surface area contributed by atoms with Gasteiger partial charge in [-0.2, -0.15) is 0 Å². The lowest BCUT2D eigenvalue weighted by Crippen LogP contribution is -2.31. The molecule has 0 spiro atoms. The van der Waals surface area contributed by atoms with Crippen molar-refractivity contribution in [3.8, 4) is 5.75 Å². The molecule has 108 valence electrons. The monoisotopic (exact) mass is 268 g/mol. The third kappa shape index (κ3) is 4.96. The van der Waals surface area contributed by atoms with Crippen LogP contribution in [0.25, 0.3) is 0 Å². The molecule has 1 aromatic rings. The first-order valence-corrected chi connectivity index (χ1v) is 6.38. The molecule has 0 amide bonds. The van der Waals surface area contributed by atoms with Gasteiger partial charge in [-0.1, -0.05) is 0 Å². The molecule has 5 nitrogen and oxygen atoms in total. The topological polar surface area (TPSA) is 68.0 Å². The number of aliphatic hydroxyl groups excluding tert-OH is 1. The molecular weight excluding hydrogens is 244 g/mol. The summed E-state index contributed by atoms with van der Waals surface area (Å²) in [6.07, 6.45) is -0.455. The minimum Gasteiger partial charge on any atom is -0.489 e. The Bertz CT molecular complexity index is 396. The first kappa shape index (κ1) is 15.6. The van der Waals surface area contributed by atoms with Gasteiger partial charge < -0.3 is 25.2 Å². The van der Waals surface area contributed by atoms with Crippen LogP contribution in [-0.2, 0) is 4.74 Å². The minimum absolute atomic E-state index is 0.0712. The van der Waals surface area contributed by atoms with Crippen LogP contribution in [0.5, 0.6) is 5.75 Å². The Morgan fingerprint density at radius 2 is 2.05 bits per heavy atom. The lowest BCUT2D eigenvalue weighted by atomic mass is 10.2. The van der Waals surface area contributed by atoms with Gasteiger partial charge in [0.2, 0.25) is 0 Å². The van der Waals surface area contributed by atoms with Gasteiger partial charge in [-0.15, -0.1) is 0 Å². The van der Waals surface area contributed by atoms with E-state index in [2.05, 4.69) is 0 Å². The summed E-state index contributed by atoms with van der Waals surface area (Å²) in [4.78, 5) is 1.94. The molecule has 1 unspecified atom stereocenters. The largest absolute Gasteiger partial charge is 0.489 e. The van der Waals surface area contributed by atoms with Gasteiger partial charge in [0.05, 0.1) is 24.5 Å². The highest BCUT2D eigenvalue weighted by Crippen LogP contribution is 2.28. The van der Waals surface area contributed by atoms with Crippen molar-refractivity contribution in [3.05, 3.63) is 18.2 Å². The van der Waals surface area contributed by atoms with Gasteiger partial charge in [-0.3, -0.25) is 0 Å². The van der Waals surface area contributed by atoms with Gasteiger partial charge in [0, 0.05) is 32.5 Å². The smallest absolute Gasteiger partial charge is 0.144 e. The molecule has 0 saturated heterocycles. The first-order valence-electron chi connectivity index (χ1n) is 6.38. The summed E-state index contributed by atoms with van der Waals surface area (Å²) in [5, 5.41) is 9.73. The van der Waals surface area contributed by atoms with Crippen LogP contribution in [0.4, 0.5) is 11.4 Å². The summed E-state index contributed by atoms with van der Waals surface area (Å²) >= 11 is 0. The average molecular weight is 268 g/mol. The second kappa shape index (κ2) is 7.21. The predicted octanol–water partition coefficient (Wildman–Crippen LogP) is 1.50. The molecule has 1 atom stereocenters. The molecule has 5 heteroatoms. The van der Waals surface area contributed by atoms with Gasteiger partial charge in [0.25, 0.3) is 0 Å². The maximum Gasteiger partial charge on any atom is 0.144 e. The zero-order valence-corrected chi connectivity index (χ0v) is 12.1. The third-order valence-electron chi connectivity index (χ3n) is 2.64. The predicted molar refractivity (Wildman–Crippen MR) is 77.8 cm³/mol. The van der Waals surface area contributed by atoms with Gasteiger partial charge in [0.15, 0.2) is 0 Å². The number of aliphatic hydroxyl groups is 1. The van der Waals surface area contributed by atoms with E-state index >= 15 is 0 Å². The van der Waals surface area contributed by atoms with E-state index in [9.17, 15) is 5.11 Å². The van der Waals surface area contributed by atoms with Gasteiger partial charge >= 0.3 is 0 Å². The molecule has 0 bridgehead atoms. The van der Waals surface area contributed by atoms with Crippen LogP contribution in [-0.4, -0.2) is 44.6 Å². The van der Waals surface area contributed by atoms with Crippen LogP contribution in [0.1, 0.15) is 13.8 Å². The molecule has 1 aromatic carbocycles. The van der Waals surface area contributed by atoms with Crippen LogP contribution in [0.2, 0.25) is 0 Å². The molecule has 0 fully saturated rings. The number of hydrogen-bond donors (Lipinski definition) is 2. The summed E-state index contributed by atoms with van der Waals surface area (Å²) in [5.74, 6) is 0.667. The number of nitrogen functional groups attached to an aromatic ring is 1. The lowest BCUT2D eigenvalue weighted by molar-refractivity contribution is 0.0695. The van der Waals surface area contributed by atoms with Crippen molar-refractivity contribution in [2.45, 2.75) is 26.1 Å². The summed E-state index contributed by atoms with van der Waals surface area (Å²) in [6.45, 7) is 4.71. The van der Waals surface area contributed by atoms with Crippen LogP contribution >= 0.6 is 0 Å². The highest BCUT2D eigenvalue weighted by atomic mass is 16.5. The van der Waals surface area contributed by atoms with Gasteiger partial charge in [0.1, 0.15) is 5.75 Å².